The average Bonchev–Trinajstić information content (AvgIpc) is 2.98. The normalized spacial score (nSPS) is 25.3. The van der Waals surface area contributed by atoms with Gasteiger partial charge in [-0.3, -0.25) is 4.79 Å². The van der Waals surface area contributed by atoms with E-state index in [2.05, 4.69) is 17.4 Å². The summed E-state index contributed by atoms with van der Waals surface area (Å²) in [6, 6.07) is 10.1. The molecule has 0 saturated heterocycles. The Bertz CT molecular complexity index is 307. The molecule has 2 nitrogen and oxygen atoms in total. The Morgan fingerprint density at radius 3 is 2.69 bits per heavy atom. The Labute approximate surface area is 78.0 Å². The molecule has 2 rings (SSSR count). The van der Waals surface area contributed by atoms with Crippen molar-refractivity contribution in [2.45, 2.75) is 12.3 Å². The third kappa shape index (κ3) is 1.57. The fourth-order valence-corrected chi connectivity index (χ4v) is 1.66. The summed E-state index contributed by atoms with van der Waals surface area (Å²) in [4.78, 5) is 11.1. The molecule has 2 unspecified atom stereocenters. The monoisotopic (exact) mass is 173 g/mol. The van der Waals surface area contributed by atoms with Crippen LogP contribution in [0, 0.1) is 13.0 Å². The van der Waals surface area contributed by atoms with Crippen LogP contribution >= 0.6 is 0 Å². The molecule has 1 aromatic carbocycles. The van der Waals surface area contributed by atoms with Gasteiger partial charge in [-0.1, -0.05) is 30.3 Å². The maximum atomic E-state index is 11.1. The lowest BCUT2D eigenvalue weighted by molar-refractivity contribution is -0.121. The first-order valence-corrected chi connectivity index (χ1v) is 4.38. The highest BCUT2D eigenvalue weighted by molar-refractivity contribution is 5.82. The van der Waals surface area contributed by atoms with Crippen molar-refractivity contribution in [3.8, 4) is 0 Å². The van der Waals surface area contributed by atoms with Crippen molar-refractivity contribution < 1.29 is 4.79 Å². The van der Waals surface area contributed by atoms with Crippen molar-refractivity contribution in [3.63, 3.8) is 0 Å². The molecule has 1 amide bonds. The van der Waals surface area contributed by atoms with Crippen molar-refractivity contribution in [2.24, 2.45) is 5.92 Å². The van der Waals surface area contributed by atoms with Crippen LogP contribution in [0.3, 0.4) is 0 Å². The van der Waals surface area contributed by atoms with E-state index in [9.17, 15) is 4.79 Å². The SMILES string of the molecule is [CH]NC(=O)C1CC1c1ccccc1. The van der Waals surface area contributed by atoms with Crippen LogP contribution in [0.25, 0.3) is 0 Å². The van der Waals surface area contributed by atoms with Crippen molar-refractivity contribution in [3.05, 3.63) is 42.9 Å². The minimum absolute atomic E-state index is 0.0474. The predicted octanol–water partition coefficient (Wildman–Crippen LogP) is 1.57. The Kier molecular flexibility index (Phi) is 2.05. The van der Waals surface area contributed by atoms with Gasteiger partial charge in [0.25, 0.3) is 0 Å². The second-order valence-corrected chi connectivity index (χ2v) is 3.37. The molecule has 1 N–H and O–H groups in total. The zero-order valence-electron chi connectivity index (χ0n) is 7.23. The number of hydrogen-bond acceptors (Lipinski definition) is 1. The van der Waals surface area contributed by atoms with Gasteiger partial charge >= 0.3 is 0 Å². The average molecular weight is 173 g/mol. The first-order valence-electron chi connectivity index (χ1n) is 4.38. The van der Waals surface area contributed by atoms with Gasteiger partial charge in [0.1, 0.15) is 0 Å². The zero-order valence-corrected chi connectivity index (χ0v) is 7.23. The molecule has 1 saturated carbocycles. The summed E-state index contributed by atoms with van der Waals surface area (Å²) in [7, 11) is 5.05. The molecule has 1 fully saturated rings. The quantitative estimate of drug-likeness (QED) is 0.676. The molecular formula is C11H11NO. The van der Waals surface area contributed by atoms with Crippen molar-refractivity contribution in [1.29, 1.82) is 0 Å². The molecule has 2 atom stereocenters. The third-order valence-corrected chi connectivity index (χ3v) is 2.50. The van der Waals surface area contributed by atoms with Crippen LogP contribution in [0.2, 0.25) is 0 Å². The number of hydrogen-bond donors (Lipinski definition) is 1. The number of carbonyl (C=O) groups excluding carboxylic acids is 1. The number of nitrogens with one attached hydrogen (secondary N) is 1. The zero-order chi connectivity index (χ0) is 9.26. The summed E-state index contributed by atoms with van der Waals surface area (Å²) in [5.41, 5.74) is 1.23. The fraction of sp³-hybridized carbons (Fsp3) is 0.273. The van der Waals surface area contributed by atoms with Gasteiger partial charge in [-0.2, -0.15) is 0 Å². The Morgan fingerprint density at radius 2 is 2.08 bits per heavy atom. The van der Waals surface area contributed by atoms with Gasteiger partial charge in [-0.15, -0.1) is 0 Å². The lowest BCUT2D eigenvalue weighted by atomic mass is 10.1. The van der Waals surface area contributed by atoms with Crippen LogP contribution in [0.1, 0.15) is 17.9 Å². The standard InChI is InChI=1S/C11H11NO/c1-12-11(13)10-7-9(10)8-5-3-2-4-6-8/h1-6,9-10H,7H2,(H,12,13). The summed E-state index contributed by atoms with van der Waals surface area (Å²) in [5.74, 6) is 0.422. The van der Waals surface area contributed by atoms with Gasteiger partial charge in [0, 0.05) is 5.92 Å². The Hall–Kier alpha value is -1.31. The molecule has 1 aliphatic rings. The Morgan fingerprint density at radius 1 is 1.38 bits per heavy atom. The van der Waals surface area contributed by atoms with Crippen LogP contribution in [0.5, 0.6) is 0 Å². The number of rotatable bonds is 2. The maximum absolute atomic E-state index is 11.1. The van der Waals surface area contributed by atoms with E-state index in [0.717, 1.165) is 6.42 Å². The first-order chi connectivity index (χ1) is 6.33. The minimum atomic E-state index is -0.0474. The number of carbonyl (C=O) groups is 1. The minimum Gasteiger partial charge on any atom is -0.349 e. The van der Waals surface area contributed by atoms with Crippen LogP contribution < -0.4 is 5.32 Å². The molecule has 13 heavy (non-hydrogen) atoms. The summed E-state index contributed by atoms with van der Waals surface area (Å²) in [6.45, 7) is 0. The molecule has 66 valence electrons. The van der Waals surface area contributed by atoms with Gasteiger partial charge in [-0.05, 0) is 17.9 Å². The molecular weight excluding hydrogens is 162 g/mol. The maximum Gasteiger partial charge on any atom is 0.224 e. The largest absolute Gasteiger partial charge is 0.349 e. The molecule has 0 spiro atoms. The van der Waals surface area contributed by atoms with Crippen molar-refractivity contribution in [1.82, 2.24) is 5.32 Å². The molecule has 0 bridgehead atoms. The predicted molar refractivity (Wildman–Crippen MR) is 49.7 cm³/mol. The summed E-state index contributed by atoms with van der Waals surface area (Å²) < 4.78 is 0. The topological polar surface area (TPSA) is 29.1 Å². The summed E-state index contributed by atoms with van der Waals surface area (Å²) in [5, 5.41) is 2.19. The van der Waals surface area contributed by atoms with E-state index in [4.69, 9.17) is 7.05 Å². The van der Waals surface area contributed by atoms with Crippen molar-refractivity contribution >= 4 is 5.91 Å². The molecule has 0 aromatic heterocycles. The molecule has 1 aromatic rings. The lowest BCUT2D eigenvalue weighted by Crippen LogP contribution is -2.17. The third-order valence-electron chi connectivity index (χ3n) is 2.50. The van der Waals surface area contributed by atoms with E-state index in [0.29, 0.717) is 5.92 Å². The highest BCUT2D eigenvalue weighted by Gasteiger charge is 2.43. The van der Waals surface area contributed by atoms with Crippen LogP contribution in [-0.2, 0) is 4.79 Å². The second kappa shape index (κ2) is 3.21. The van der Waals surface area contributed by atoms with Gasteiger partial charge in [-0.25, -0.2) is 0 Å². The first kappa shape index (κ1) is 8.30. The van der Waals surface area contributed by atoms with E-state index >= 15 is 0 Å². The second-order valence-electron chi connectivity index (χ2n) is 3.37. The van der Waals surface area contributed by atoms with Gasteiger partial charge in [0.2, 0.25) is 5.91 Å². The van der Waals surface area contributed by atoms with Crippen LogP contribution in [-0.4, -0.2) is 5.91 Å². The molecule has 0 heterocycles. The molecule has 2 radical (unpaired) electrons. The van der Waals surface area contributed by atoms with E-state index in [-0.39, 0.29) is 11.8 Å². The van der Waals surface area contributed by atoms with Crippen molar-refractivity contribution in [2.75, 3.05) is 0 Å². The van der Waals surface area contributed by atoms with Crippen LogP contribution in [0.15, 0.2) is 30.3 Å². The van der Waals surface area contributed by atoms with E-state index in [1.807, 2.05) is 18.2 Å². The highest BCUT2D eigenvalue weighted by Crippen LogP contribution is 2.47. The van der Waals surface area contributed by atoms with Gasteiger partial charge < -0.3 is 5.32 Å². The molecule has 1 aliphatic carbocycles. The highest BCUT2D eigenvalue weighted by atomic mass is 16.1. The Balaban J connectivity index is 2.04. The molecule has 2 heteroatoms. The summed E-state index contributed by atoms with van der Waals surface area (Å²) in [6.07, 6.45) is 0.924. The smallest absolute Gasteiger partial charge is 0.224 e. The van der Waals surface area contributed by atoms with E-state index in [1.165, 1.54) is 5.56 Å². The van der Waals surface area contributed by atoms with Gasteiger partial charge in [0.15, 0.2) is 0 Å². The van der Waals surface area contributed by atoms with E-state index in [1.54, 1.807) is 0 Å². The fourth-order valence-electron chi connectivity index (χ4n) is 1.66. The van der Waals surface area contributed by atoms with E-state index < -0.39 is 0 Å². The number of benzene rings is 1. The summed E-state index contributed by atoms with van der Waals surface area (Å²) >= 11 is 0. The number of amides is 1. The van der Waals surface area contributed by atoms with Gasteiger partial charge in [0.05, 0.1) is 7.05 Å². The lowest BCUT2D eigenvalue weighted by Gasteiger charge is -1.98. The molecule has 0 aliphatic heterocycles. The van der Waals surface area contributed by atoms with Crippen LogP contribution in [0.4, 0.5) is 0 Å².